The van der Waals surface area contributed by atoms with Crippen LogP contribution in [0.1, 0.15) is 13.8 Å². The largest absolute Gasteiger partial charge is 0.480 e. The molecule has 2 aliphatic heterocycles. The molecule has 2 rings (SSSR count). The molecule has 0 radical (unpaired) electrons. The Morgan fingerprint density at radius 2 is 2.24 bits per heavy atom. The smallest absolute Gasteiger partial charge is 0.326 e. The number of hydrogen-bond donors (Lipinski definition) is 1. The van der Waals surface area contributed by atoms with Gasteiger partial charge in [-0.1, -0.05) is 13.8 Å². The van der Waals surface area contributed by atoms with Crippen LogP contribution in [0.15, 0.2) is 0 Å². The van der Waals surface area contributed by atoms with Crippen LogP contribution in [0.3, 0.4) is 0 Å². The van der Waals surface area contributed by atoms with Crippen LogP contribution in [0.2, 0.25) is 0 Å². The number of carbonyl (C=O) groups excluding carboxylic acids is 1. The van der Waals surface area contributed by atoms with Gasteiger partial charge in [-0.15, -0.1) is 0 Å². The Labute approximate surface area is 100 Å². The summed E-state index contributed by atoms with van der Waals surface area (Å²) in [6, 6.07) is -0.899. The van der Waals surface area contributed by atoms with E-state index in [9.17, 15) is 14.7 Å². The van der Waals surface area contributed by atoms with E-state index in [1.165, 1.54) is 4.90 Å². The second-order valence-corrected chi connectivity index (χ2v) is 4.88. The Morgan fingerprint density at radius 3 is 2.76 bits per heavy atom. The van der Waals surface area contributed by atoms with Gasteiger partial charge in [0.15, 0.2) is 0 Å². The summed E-state index contributed by atoms with van der Waals surface area (Å²) in [7, 11) is 0. The Morgan fingerprint density at radius 1 is 1.53 bits per heavy atom. The number of nitrogens with zero attached hydrogens (tertiary/aromatic N) is 2. The predicted octanol–water partition coefficient (Wildman–Crippen LogP) is 0.232. The molecule has 2 aliphatic rings. The van der Waals surface area contributed by atoms with Crippen LogP contribution in [0.25, 0.3) is 0 Å². The van der Waals surface area contributed by atoms with Gasteiger partial charge in [0.2, 0.25) is 0 Å². The van der Waals surface area contributed by atoms with E-state index in [1.807, 2.05) is 13.8 Å². The highest BCUT2D eigenvalue weighted by Gasteiger charge is 2.44. The molecule has 0 aromatic heterocycles. The number of ether oxygens (including phenoxy) is 1. The number of carboxylic acid groups (broad SMARTS) is 1. The van der Waals surface area contributed by atoms with Crippen molar-refractivity contribution in [2.45, 2.75) is 25.9 Å². The highest BCUT2D eigenvalue weighted by atomic mass is 16.5. The fraction of sp³-hybridized carbons (Fsp3) is 0.818. The second kappa shape index (κ2) is 4.52. The van der Waals surface area contributed by atoms with E-state index in [0.717, 1.165) is 0 Å². The summed E-state index contributed by atoms with van der Waals surface area (Å²) in [6.45, 7) is 5.69. The van der Waals surface area contributed by atoms with Gasteiger partial charge >= 0.3 is 12.0 Å². The molecular formula is C11H18N2O4. The molecule has 1 N–H and O–H groups in total. The van der Waals surface area contributed by atoms with Gasteiger partial charge in [-0.2, -0.15) is 0 Å². The third kappa shape index (κ3) is 2.09. The number of carboxylic acids is 1. The van der Waals surface area contributed by atoms with Gasteiger partial charge in [0.1, 0.15) is 6.04 Å². The zero-order valence-corrected chi connectivity index (χ0v) is 10.1. The monoisotopic (exact) mass is 242 g/mol. The number of urea groups is 1. The van der Waals surface area contributed by atoms with Crippen LogP contribution in [-0.2, 0) is 9.53 Å². The first-order chi connectivity index (χ1) is 8.02. The molecule has 0 aliphatic carbocycles. The lowest BCUT2D eigenvalue weighted by Gasteiger charge is -2.28. The van der Waals surface area contributed by atoms with Crippen molar-refractivity contribution >= 4 is 12.0 Å². The molecule has 0 aromatic rings. The van der Waals surface area contributed by atoms with Gasteiger partial charge in [-0.05, 0) is 5.92 Å². The van der Waals surface area contributed by atoms with Crippen molar-refractivity contribution in [1.29, 1.82) is 0 Å². The van der Waals surface area contributed by atoms with E-state index in [2.05, 4.69) is 0 Å². The molecule has 0 bridgehead atoms. The molecule has 0 spiro atoms. The van der Waals surface area contributed by atoms with Crippen LogP contribution in [-0.4, -0.2) is 65.3 Å². The maximum Gasteiger partial charge on any atom is 0.326 e. The Kier molecular flexibility index (Phi) is 3.24. The first-order valence-electron chi connectivity index (χ1n) is 5.90. The van der Waals surface area contributed by atoms with Crippen molar-refractivity contribution < 1.29 is 19.4 Å². The third-order valence-corrected chi connectivity index (χ3v) is 3.35. The van der Waals surface area contributed by atoms with E-state index < -0.39 is 12.0 Å². The molecule has 2 heterocycles. The molecule has 0 aromatic carbocycles. The number of aliphatic carboxylic acids is 1. The SMILES string of the molecule is CC(C)[C@@H](C(=O)O)N1CC2COCCN2C1=O. The molecule has 0 saturated carbocycles. The molecule has 17 heavy (non-hydrogen) atoms. The molecule has 2 amide bonds. The van der Waals surface area contributed by atoms with Crippen LogP contribution < -0.4 is 0 Å². The van der Waals surface area contributed by atoms with Crippen molar-refractivity contribution in [3.8, 4) is 0 Å². The minimum Gasteiger partial charge on any atom is -0.480 e. The summed E-state index contributed by atoms with van der Waals surface area (Å²) >= 11 is 0. The second-order valence-electron chi connectivity index (χ2n) is 4.88. The van der Waals surface area contributed by atoms with E-state index in [4.69, 9.17) is 4.74 Å². The van der Waals surface area contributed by atoms with Gasteiger partial charge in [0, 0.05) is 13.1 Å². The fourth-order valence-corrected chi connectivity index (χ4v) is 2.54. The number of carbonyl (C=O) groups is 2. The van der Waals surface area contributed by atoms with Crippen LogP contribution >= 0.6 is 0 Å². The maximum absolute atomic E-state index is 12.1. The van der Waals surface area contributed by atoms with Crippen molar-refractivity contribution in [1.82, 2.24) is 9.80 Å². The first-order valence-corrected chi connectivity index (χ1v) is 5.90. The maximum atomic E-state index is 12.1. The Hall–Kier alpha value is -1.30. The van der Waals surface area contributed by atoms with Crippen molar-refractivity contribution in [2.75, 3.05) is 26.3 Å². The fourth-order valence-electron chi connectivity index (χ4n) is 2.54. The molecule has 2 atom stereocenters. The predicted molar refractivity (Wildman–Crippen MR) is 59.7 cm³/mol. The molecular weight excluding hydrogens is 224 g/mol. The van der Waals surface area contributed by atoms with Gasteiger partial charge < -0.3 is 19.6 Å². The minimum atomic E-state index is -0.936. The lowest BCUT2D eigenvalue weighted by Crippen LogP contribution is -2.47. The normalized spacial score (nSPS) is 26.3. The van der Waals surface area contributed by atoms with Gasteiger partial charge in [-0.3, -0.25) is 0 Å². The Balaban J connectivity index is 2.16. The summed E-state index contributed by atoms with van der Waals surface area (Å²) in [6.07, 6.45) is 0. The number of fused-ring (bicyclic) bond motifs is 1. The summed E-state index contributed by atoms with van der Waals surface area (Å²) in [5.41, 5.74) is 0. The van der Waals surface area contributed by atoms with Gasteiger partial charge in [-0.25, -0.2) is 9.59 Å². The first kappa shape index (κ1) is 12.2. The molecule has 6 nitrogen and oxygen atoms in total. The lowest BCUT2D eigenvalue weighted by atomic mass is 10.0. The van der Waals surface area contributed by atoms with Crippen LogP contribution in [0, 0.1) is 5.92 Å². The van der Waals surface area contributed by atoms with Crippen LogP contribution in [0.4, 0.5) is 4.79 Å². The van der Waals surface area contributed by atoms with Gasteiger partial charge in [0.25, 0.3) is 0 Å². The highest BCUT2D eigenvalue weighted by Crippen LogP contribution is 2.24. The van der Waals surface area contributed by atoms with Crippen molar-refractivity contribution in [3.63, 3.8) is 0 Å². The average molecular weight is 242 g/mol. The number of morpholine rings is 1. The van der Waals surface area contributed by atoms with E-state index in [-0.39, 0.29) is 18.0 Å². The van der Waals surface area contributed by atoms with Gasteiger partial charge in [0.05, 0.1) is 19.3 Å². The van der Waals surface area contributed by atoms with Crippen molar-refractivity contribution in [2.24, 2.45) is 5.92 Å². The highest BCUT2D eigenvalue weighted by molar-refractivity contribution is 5.84. The summed E-state index contributed by atoms with van der Waals surface area (Å²) < 4.78 is 5.31. The van der Waals surface area contributed by atoms with Crippen molar-refractivity contribution in [3.05, 3.63) is 0 Å². The lowest BCUT2D eigenvalue weighted by molar-refractivity contribution is -0.143. The number of amides is 2. The zero-order valence-electron chi connectivity index (χ0n) is 10.1. The summed E-state index contributed by atoms with van der Waals surface area (Å²) in [4.78, 5) is 26.5. The molecule has 2 fully saturated rings. The molecule has 6 heteroatoms. The standard InChI is InChI=1S/C11H18N2O4/c1-7(2)9(10(14)15)13-5-8-6-17-4-3-12(8)11(13)16/h7-9H,3-6H2,1-2H3,(H,14,15)/t8?,9-/m0/s1. The topological polar surface area (TPSA) is 70.1 Å². The zero-order chi connectivity index (χ0) is 12.6. The third-order valence-electron chi connectivity index (χ3n) is 3.35. The minimum absolute atomic E-state index is 0.0110. The quantitative estimate of drug-likeness (QED) is 0.769. The molecule has 96 valence electrons. The molecule has 2 saturated heterocycles. The van der Waals surface area contributed by atoms with E-state index >= 15 is 0 Å². The Bertz CT molecular complexity index is 331. The molecule has 1 unspecified atom stereocenters. The number of rotatable bonds is 3. The average Bonchev–Trinajstić information content (AvgIpc) is 2.56. The van der Waals surface area contributed by atoms with E-state index in [1.54, 1.807) is 4.90 Å². The summed E-state index contributed by atoms with van der Waals surface area (Å²) in [5, 5.41) is 9.21. The van der Waals surface area contributed by atoms with E-state index in [0.29, 0.717) is 26.3 Å². The number of hydrogen-bond acceptors (Lipinski definition) is 3. The summed E-state index contributed by atoms with van der Waals surface area (Å²) in [5.74, 6) is -1.03. The van der Waals surface area contributed by atoms with Crippen LogP contribution in [0.5, 0.6) is 0 Å².